The first-order valence-corrected chi connectivity index (χ1v) is 5.77. The second-order valence-electron chi connectivity index (χ2n) is 3.68. The van der Waals surface area contributed by atoms with E-state index in [9.17, 15) is 5.11 Å². The third kappa shape index (κ3) is 2.45. The number of pyridine rings is 1. The number of aliphatic hydroxyl groups is 1. The molecule has 6 heteroatoms. The number of aryl methyl sites for hydroxylation is 1. The number of nitrogens with zero attached hydrogens (tertiary/aromatic N) is 4. The first kappa shape index (κ1) is 12.0. The van der Waals surface area contributed by atoms with E-state index in [1.54, 1.807) is 23.1 Å². The Morgan fingerprint density at radius 2 is 2.29 bits per heavy atom. The SMILES string of the molecule is CCCn1nncc1C(O)c1ccncc1Cl. The molecule has 2 aromatic rings. The fourth-order valence-corrected chi connectivity index (χ4v) is 1.85. The summed E-state index contributed by atoms with van der Waals surface area (Å²) >= 11 is 5.99. The van der Waals surface area contributed by atoms with Gasteiger partial charge in [-0.15, -0.1) is 5.10 Å². The van der Waals surface area contributed by atoms with E-state index in [0.29, 0.717) is 16.3 Å². The van der Waals surface area contributed by atoms with E-state index in [0.717, 1.165) is 13.0 Å². The lowest BCUT2D eigenvalue weighted by Crippen LogP contribution is -2.10. The monoisotopic (exact) mass is 252 g/mol. The molecule has 90 valence electrons. The van der Waals surface area contributed by atoms with Crippen molar-refractivity contribution in [1.82, 2.24) is 20.0 Å². The van der Waals surface area contributed by atoms with Crippen molar-refractivity contribution in [3.8, 4) is 0 Å². The fourth-order valence-electron chi connectivity index (χ4n) is 1.63. The predicted molar refractivity (Wildman–Crippen MR) is 63.6 cm³/mol. The van der Waals surface area contributed by atoms with Crippen LogP contribution in [-0.4, -0.2) is 25.1 Å². The summed E-state index contributed by atoms with van der Waals surface area (Å²) in [5, 5.41) is 18.4. The quantitative estimate of drug-likeness (QED) is 0.902. The van der Waals surface area contributed by atoms with Gasteiger partial charge in [-0.05, 0) is 12.5 Å². The van der Waals surface area contributed by atoms with E-state index in [4.69, 9.17) is 11.6 Å². The van der Waals surface area contributed by atoms with E-state index < -0.39 is 6.10 Å². The summed E-state index contributed by atoms with van der Waals surface area (Å²) in [6.45, 7) is 2.76. The fraction of sp³-hybridized carbons (Fsp3) is 0.364. The molecule has 0 bridgehead atoms. The molecule has 17 heavy (non-hydrogen) atoms. The van der Waals surface area contributed by atoms with Gasteiger partial charge >= 0.3 is 0 Å². The van der Waals surface area contributed by atoms with Gasteiger partial charge in [-0.3, -0.25) is 4.98 Å². The molecule has 0 spiro atoms. The lowest BCUT2D eigenvalue weighted by molar-refractivity contribution is 0.207. The maximum atomic E-state index is 10.3. The zero-order chi connectivity index (χ0) is 12.3. The van der Waals surface area contributed by atoms with Crippen LogP contribution in [0, 0.1) is 0 Å². The number of hydrogen-bond donors (Lipinski definition) is 1. The summed E-state index contributed by atoms with van der Waals surface area (Å²) in [6.07, 6.45) is 4.75. The Morgan fingerprint density at radius 3 is 3.00 bits per heavy atom. The maximum Gasteiger partial charge on any atom is 0.124 e. The molecule has 0 aliphatic heterocycles. The summed E-state index contributed by atoms with van der Waals surface area (Å²) in [6, 6.07) is 1.69. The molecule has 1 unspecified atom stereocenters. The lowest BCUT2D eigenvalue weighted by atomic mass is 10.1. The average molecular weight is 253 g/mol. The van der Waals surface area contributed by atoms with Crippen molar-refractivity contribution < 1.29 is 5.11 Å². The van der Waals surface area contributed by atoms with E-state index in [1.165, 1.54) is 6.20 Å². The Labute approximate surface area is 104 Å². The minimum atomic E-state index is -0.827. The third-order valence-electron chi connectivity index (χ3n) is 2.46. The molecule has 1 N–H and O–H groups in total. The molecule has 1 atom stereocenters. The lowest BCUT2D eigenvalue weighted by Gasteiger charge is -2.13. The smallest absolute Gasteiger partial charge is 0.124 e. The predicted octanol–water partition coefficient (Wildman–Crippen LogP) is 1.82. The molecule has 0 fully saturated rings. The topological polar surface area (TPSA) is 63.8 Å². The van der Waals surface area contributed by atoms with Crippen LogP contribution in [0.2, 0.25) is 5.02 Å². The third-order valence-corrected chi connectivity index (χ3v) is 2.78. The minimum absolute atomic E-state index is 0.434. The van der Waals surface area contributed by atoms with Crippen molar-refractivity contribution in [2.45, 2.75) is 26.0 Å². The highest BCUT2D eigenvalue weighted by molar-refractivity contribution is 6.31. The molecule has 0 amide bonds. The molecular weight excluding hydrogens is 240 g/mol. The number of halogens is 1. The number of hydrogen-bond acceptors (Lipinski definition) is 4. The normalized spacial score (nSPS) is 12.6. The largest absolute Gasteiger partial charge is 0.382 e. The van der Waals surface area contributed by atoms with Crippen LogP contribution in [0.4, 0.5) is 0 Å². The summed E-state index contributed by atoms with van der Waals surface area (Å²) in [5.41, 5.74) is 1.25. The van der Waals surface area contributed by atoms with Crippen LogP contribution in [0.3, 0.4) is 0 Å². The summed E-state index contributed by atoms with van der Waals surface area (Å²) in [7, 11) is 0. The van der Waals surface area contributed by atoms with Gasteiger partial charge in [0.2, 0.25) is 0 Å². The van der Waals surface area contributed by atoms with Crippen LogP contribution in [0.5, 0.6) is 0 Å². The van der Waals surface area contributed by atoms with Crippen molar-refractivity contribution in [3.63, 3.8) is 0 Å². The maximum absolute atomic E-state index is 10.3. The van der Waals surface area contributed by atoms with Gasteiger partial charge in [0.15, 0.2) is 0 Å². The van der Waals surface area contributed by atoms with Crippen molar-refractivity contribution in [2.75, 3.05) is 0 Å². The van der Waals surface area contributed by atoms with Crippen LogP contribution in [0.15, 0.2) is 24.7 Å². The van der Waals surface area contributed by atoms with Crippen molar-refractivity contribution in [3.05, 3.63) is 40.9 Å². The van der Waals surface area contributed by atoms with Gasteiger partial charge in [0.05, 0.1) is 16.9 Å². The van der Waals surface area contributed by atoms with E-state index in [2.05, 4.69) is 15.3 Å². The van der Waals surface area contributed by atoms with Crippen LogP contribution in [-0.2, 0) is 6.54 Å². The molecule has 2 rings (SSSR count). The van der Waals surface area contributed by atoms with Crippen molar-refractivity contribution in [2.24, 2.45) is 0 Å². The van der Waals surface area contributed by atoms with Gasteiger partial charge in [0.25, 0.3) is 0 Å². The van der Waals surface area contributed by atoms with Gasteiger partial charge in [0, 0.05) is 24.5 Å². The zero-order valence-electron chi connectivity index (χ0n) is 9.41. The Balaban J connectivity index is 2.34. The Kier molecular flexibility index (Phi) is 3.71. The van der Waals surface area contributed by atoms with Crippen LogP contribution in [0.25, 0.3) is 0 Å². The molecule has 2 heterocycles. The Bertz CT molecular complexity index is 500. The van der Waals surface area contributed by atoms with E-state index >= 15 is 0 Å². The van der Waals surface area contributed by atoms with Crippen molar-refractivity contribution in [1.29, 1.82) is 0 Å². The van der Waals surface area contributed by atoms with Gasteiger partial charge < -0.3 is 5.11 Å². The number of aromatic nitrogens is 4. The van der Waals surface area contributed by atoms with Crippen molar-refractivity contribution >= 4 is 11.6 Å². The zero-order valence-corrected chi connectivity index (χ0v) is 10.2. The molecular formula is C11H13ClN4O. The summed E-state index contributed by atoms with van der Waals surface area (Å²) in [4.78, 5) is 3.89. The molecule has 0 radical (unpaired) electrons. The van der Waals surface area contributed by atoms with Crippen LogP contribution >= 0.6 is 11.6 Å². The van der Waals surface area contributed by atoms with Gasteiger partial charge in [-0.1, -0.05) is 23.7 Å². The molecule has 0 aromatic carbocycles. The summed E-state index contributed by atoms with van der Waals surface area (Å²) in [5.74, 6) is 0. The first-order chi connectivity index (χ1) is 8.24. The summed E-state index contributed by atoms with van der Waals surface area (Å²) < 4.78 is 1.68. The number of rotatable bonds is 4. The van der Waals surface area contributed by atoms with Crippen LogP contribution < -0.4 is 0 Å². The molecule has 0 saturated heterocycles. The van der Waals surface area contributed by atoms with E-state index in [-0.39, 0.29) is 0 Å². The first-order valence-electron chi connectivity index (χ1n) is 5.40. The Hall–Kier alpha value is -1.46. The van der Waals surface area contributed by atoms with Gasteiger partial charge in [0.1, 0.15) is 6.10 Å². The van der Waals surface area contributed by atoms with Crippen LogP contribution in [0.1, 0.15) is 30.7 Å². The molecule has 0 aliphatic carbocycles. The molecule has 0 aliphatic rings. The minimum Gasteiger partial charge on any atom is -0.382 e. The van der Waals surface area contributed by atoms with Gasteiger partial charge in [-0.2, -0.15) is 0 Å². The highest BCUT2D eigenvalue weighted by atomic mass is 35.5. The average Bonchev–Trinajstić information content (AvgIpc) is 2.78. The molecule has 5 nitrogen and oxygen atoms in total. The molecule has 2 aromatic heterocycles. The number of aliphatic hydroxyl groups excluding tert-OH is 1. The second kappa shape index (κ2) is 5.25. The van der Waals surface area contributed by atoms with E-state index in [1.807, 2.05) is 6.92 Å². The molecule has 0 saturated carbocycles. The Morgan fingerprint density at radius 1 is 1.47 bits per heavy atom. The van der Waals surface area contributed by atoms with Gasteiger partial charge in [-0.25, -0.2) is 4.68 Å². The second-order valence-corrected chi connectivity index (χ2v) is 4.09. The highest BCUT2D eigenvalue weighted by Crippen LogP contribution is 2.26. The standard InChI is InChI=1S/C11H13ClN4O/c1-2-5-16-10(7-14-15-16)11(17)8-3-4-13-6-9(8)12/h3-4,6-7,11,17H,2,5H2,1H3. The highest BCUT2D eigenvalue weighted by Gasteiger charge is 2.18.